The van der Waals surface area contributed by atoms with Crippen molar-refractivity contribution in [1.29, 1.82) is 0 Å². The Bertz CT molecular complexity index is 959. The number of fused-ring (bicyclic) bond motifs is 1. The van der Waals surface area contributed by atoms with Gasteiger partial charge in [0.1, 0.15) is 4.21 Å². The van der Waals surface area contributed by atoms with Crippen molar-refractivity contribution in [1.82, 2.24) is 20.2 Å². The van der Waals surface area contributed by atoms with Crippen molar-refractivity contribution in [2.75, 3.05) is 7.05 Å². The van der Waals surface area contributed by atoms with Gasteiger partial charge in [0.15, 0.2) is 0 Å². The first-order valence-corrected chi connectivity index (χ1v) is 9.04. The molecule has 3 rings (SSSR count). The molecule has 0 fully saturated rings. The normalized spacial score (nSPS) is 11.7. The summed E-state index contributed by atoms with van der Waals surface area (Å²) in [5.41, 5.74) is 1.18. The van der Waals surface area contributed by atoms with Crippen LogP contribution >= 0.6 is 11.3 Å². The number of hydrogen-bond donors (Lipinski definition) is 3. The number of aromatic amines is 1. The Labute approximate surface area is 136 Å². The number of amides is 1. The number of para-hydroxylation sites is 1. The molecule has 23 heavy (non-hydrogen) atoms. The summed E-state index contributed by atoms with van der Waals surface area (Å²) >= 11 is 1.12. The van der Waals surface area contributed by atoms with Crippen LogP contribution in [0.15, 0.2) is 40.7 Å². The van der Waals surface area contributed by atoms with E-state index < -0.39 is 10.0 Å². The zero-order valence-electron chi connectivity index (χ0n) is 12.2. The van der Waals surface area contributed by atoms with Gasteiger partial charge in [-0.3, -0.25) is 9.89 Å². The van der Waals surface area contributed by atoms with Gasteiger partial charge in [0.2, 0.25) is 10.0 Å². The van der Waals surface area contributed by atoms with Crippen molar-refractivity contribution < 1.29 is 13.2 Å². The lowest BCUT2D eigenvalue weighted by atomic mass is 10.1. The highest BCUT2D eigenvalue weighted by Gasteiger charge is 2.15. The summed E-state index contributed by atoms with van der Waals surface area (Å²) < 4.78 is 25.9. The van der Waals surface area contributed by atoms with Crippen LogP contribution in [-0.4, -0.2) is 31.6 Å². The summed E-state index contributed by atoms with van der Waals surface area (Å²) in [5.74, 6) is -0.244. The predicted molar refractivity (Wildman–Crippen MR) is 87.8 cm³/mol. The second-order valence-electron chi connectivity index (χ2n) is 4.75. The van der Waals surface area contributed by atoms with Crippen molar-refractivity contribution in [3.8, 4) is 0 Å². The maximum absolute atomic E-state index is 12.3. The minimum Gasteiger partial charge on any atom is -0.347 e. The lowest BCUT2D eigenvalue weighted by Gasteiger charge is -2.04. The zero-order valence-corrected chi connectivity index (χ0v) is 13.8. The molecule has 0 unspecified atom stereocenters. The third-order valence-corrected chi connectivity index (χ3v) is 6.31. The fourth-order valence-electron chi connectivity index (χ4n) is 2.12. The average Bonchev–Trinajstić information content (AvgIpc) is 3.21. The van der Waals surface area contributed by atoms with Gasteiger partial charge in [-0.05, 0) is 25.2 Å². The lowest BCUT2D eigenvalue weighted by Crippen LogP contribution is -2.22. The van der Waals surface area contributed by atoms with E-state index in [1.54, 1.807) is 24.4 Å². The molecule has 0 spiro atoms. The van der Waals surface area contributed by atoms with Crippen LogP contribution in [0.3, 0.4) is 0 Å². The highest BCUT2D eigenvalue weighted by Crippen LogP contribution is 2.21. The molecule has 0 radical (unpaired) electrons. The van der Waals surface area contributed by atoms with Crippen LogP contribution in [-0.2, 0) is 16.6 Å². The molecule has 1 amide bonds. The van der Waals surface area contributed by atoms with Crippen molar-refractivity contribution in [3.63, 3.8) is 0 Å². The monoisotopic (exact) mass is 350 g/mol. The van der Waals surface area contributed by atoms with E-state index in [9.17, 15) is 13.2 Å². The summed E-state index contributed by atoms with van der Waals surface area (Å²) in [7, 11) is -2.08. The van der Waals surface area contributed by atoms with Gasteiger partial charge in [-0.25, -0.2) is 13.1 Å². The number of rotatable bonds is 5. The van der Waals surface area contributed by atoms with Crippen LogP contribution in [0.4, 0.5) is 0 Å². The van der Waals surface area contributed by atoms with Crippen molar-refractivity contribution >= 4 is 38.2 Å². The molecule has 3 aromatic rings. The Balaban J connectivity index is 1.74. The Kier molecular flexibility index (Phi) is 4.16. The number of carbonyl (C=O) groups excluding carboxylic acids is 1. The molecular weight excluding hydrogens is 336 g/mol. The quantitative estimate of drug-likeness (QED) is 0.648. The van der Waals surface area contributed by atoms with Gasteiger partial charge in [0.25, 0.3) is 5.91 Å². The lowest BCUT2D eigenvalue weighted by molar-refractivity contribution is 0.0953. The summed E-state index contributed by atoms with van der Waals surface area (Å²) in [5, 5.41) is 10.4. The molecule has 0 aliphatic carbocycles. The van der Waals surface area contributed by atoms with E-state index in [1.807, 2.05) is 6.07 Å². The highest BCUT2D eigenvalue weighted by molar-refractivity contribution is 7.91. The molecule has 9 heteroatoms. The number of sulfonamides is 1. The molecule has 0 bridgehead atoms. The number of nitrogens with zero attached hydrogens (tertiary/aromatic N) is 1. The molecule has 0 saturated heterocycles. The molecule has 0 atom stereocenters. The van der Waals surface area contributed by atoms with E-state index in [4.69, 9.17) is 0 Å². The fraction of sp³-hybridized carbons (Fsp3) is 0.143. The van der Waals surface area contributed by atoms with Crippen molar-refractivity contribution in [2.24, 2.45) is 0 Å². The minimum atomic E-state index is -3.45. The topological polar surface area (TPSA) is 104 Å². The fourth-order valence-corrected chi connectivity index (χ4v) is 4.25. The van der Waals surface area contributed by atoms with Gasteiger partial charge in [0.05, 0.1) is 23.8 Å². The Morgan fingerprint density at radius 2 is 2.13 bits per heavy atom. The smallest absolute Gasteiger partial charge is 0.253 e. The summed E-state index contributed by atoms with van der Waals surface area (Å²) in [6.07, 6.45) is 1.65. The standard InChI is InChI=1S/C14H14N4O3S2/c1-15-23(20,21)12-6-5-10(22-12)8-16-14(19)11-4-2-3-9-7-17-18-13(9)11/h2-7,15H,8H2,1H3,(H,16,19)(H,17,18). The number of H-pyrrole nitrogens is 1. The van der Waals surface area contributed by atoms with E-state index in [1.165, 1.54) is 13.1 Å². The molecule has 1 aromatic carbocycles. The van der Waals surface area contributed by atoms with Gasteiger partial charge in [0, 0.05) is 10.3 Å². The molecule has 0 saturated carbocycles. The number of benzene rings is 1. The van der Waals surface area contributed by atoms with Gasteiger partial charge >= 0.3 is 0 Å². The molecule has 3 N–H and O–H groups in total. The molecule has 2 heterocycles. The molecule has 7 nitrogen and oxygen atoms in total. The van der Waals surface area contributed by atoms with E-state index in [2.05, 4.69) is 20.2 Å². The first-order chi connectivity index (χ1) is 11.0. The maximum Gasteiger partial charge on any atom is 0.253 e. The second-order valence-corrected chi connectivity index (χ2v) is 8.03. The van der Waals surface area contributed by atoms with Gasteiger partial charge in [-0.1, -0.05) is 12.1 Å². The first-order valence-electron chi connectivity index (χ1n) is 6.74. The largest absolute Gasteiger partial charge is 0.347 e. The van der Waals surface area contributed by atoms with Crippen LogP contribution in [0.5, 0.6) is 0 Å². The van der Waals surface area contributed by atoms with Crippen LogP contribution in [0, 0.1) is 0 Å². The van der Waals surface area contributed by atoms with E-state index >= 15 is 0 Å². The van der Waals surface area contributed by atoms with Gasteiger partial charge in [-0.2, -0.15) is 5.10 Å². The van der Waals surface area contributed by atoms with Gasteiger partial charge in [-0.15, -0.1) is 11.3 Å². The third-order valence-electron chi connectivity index (χ3n) is 3.32. The number of carbonyl (C=O) groups is 1. The van der Waals surface area contributed by atoms with Crippen LogP contribution in [0.1, 0.15) is 15.2 Å². The molecule has 120 valence electrons. The maximum atomic E-state index is 12.3. The Morgan fingerprint density at radius 3 is 2.91 bits per heavy atom. The minimum absolute atomic E-state index is 0.222. The number of hydrogen-bond acceptors (Lipinski definition) is 5. The molecular formula is C14H14N4O3S2. The second kappa shape index (κ2) is 6.11. The van der Waals surface area contributed by atoms with Crippen molar-refractivity contribution in [3.05, 3.63) is 47.0 Å². The van der Waals surface area contributed by atoms with Gasteiger partial charge < -0.3 is 5.32 Å². The van der Waals surface area contributed by atoms with Crippen LogP contribution in [0.25, 0.3) is 10.9 Å². The van der Waals surface area contributed by atoms with E-state index in [-0.39, 0.29) is 16.7 Å². The summed E-state index contributed by atoms with van der Waals surface area (Å²) in [4.78, 5) is 13.1. The number of nitrogens with one attached hydrogen (secondary N) is 3. The van der Waals surface area contributed by atoms with Crippen LogP contribution in [0.2, 0.25) is 0 Å². The Morgan fingerprint density at radius 1 is 1.30 bits per heavy atom. The van der Waals surface area contributed by atoms with E-state index in [0.29, 0.717) is 11.1 Å². The number of thiophene rings is 1. The number of aromatic nitrogens is 2. The SMILES string of the molecule is CNS(=O)(=O)c1ccc(CNC(=O)c2cccc3cn[nH]c23)s1. The molecule has 0 aliphatic heterocycles. The van der Waals surface area contributed by atoms with E-state index in [0.717, 1.165) is 21.6 Å². The summed E-state index contributed by atoms with van der Waals surface area (Å²) in [6.45, 7) is 0.257. The third kappa shape index (κ3) is 3.11. The molecule has 2 aromatic heterocycles. The molecule has 0 aliphatic rings. The van der Waals surface area contributed by atoms with Crippen LogP contribution < -0.4 is 10.0 Å². The summed E-state index contributed by atoms with van der Waals surface area (Å²) in [6, 6.07) is 8.57. The van der Waals surface area contributed by atoms with Crippen molar-refractivity contribution in [2.45, 2.75) is 10.8 Å². The first kappa shape index (κ1) is 15.7. The predicted octanol–water partition coefficient (Wildman–Crippen LogP) is 1.46. The zero-order chi connectivity index (χ0) is 16.4. The average molecular weight is 350 g/mol. The highest BCUT2D eigenvalue weighted by atomic mass is 32.2. The Hall–Kier alpha value is -2.23.